The standard InChI is InChI=1S/C13H14F3NO4S/c1-22(19,20)9-5-17-12(21-7-2-6(14)3-7)8-4-13(15,16)11(18)10(8)9/h5-7,11,18H,2-4H2,1H3/t6?,7?,11-/m0/s1. The first-order chi connectivity index (χ1) is 10.1. The maximum Gasteiger partial charge on any atom is 0.281 e. The van der Waals surface area contributed by atoms with E-state index in [2.05, 4.69) is 4.98 Å². The third-order valence-corrected chi connectivity index (χ3v) is 5.07. The van der Waals surface area contributed by atoms with Gasteiger partial charge in [-0.25, -0.2) is 26.6 Å². The van der Waals surface area contributed by atoms with E-state index in [1.165, 1.54) is 0 Å². The largest absolute Gasteiger partial charge is 0.474 e. The number of ether oxygens (including phenoxy) is 1. The Kier molecular flexibility index (Phi) is 3.41. The van der Waals surface area contributed by atoms with Crippen LogP contribution in [-0.2, 0) is 16.3 Å². The van der Waals surface area contributed by atoms with Crippen LogP contribution in [0.2, 0.25) is 0 Å². The van der Waals surface area contributed by atoms with Crippen molar-refractivity contribution >= 4 is 9.84 Å². The lowest BCUT2D eigenvalue weighted by molar-refractivity contribution is -0.0977. The van der Waals surface area contributed by atoms with Gasteiger partial charge in [-0.15, -0.1) is 0 Å². The van der Waals surface area contributed by atoms with Gasteiger partial charge in [-0.2, -0.15) is 0 Å². The molecule has 3 rings (SSSR count). The van der Waals surface area contributed by atoms with Crippen LogP contribution in [0, 0.1) is 0 Å². The third kappa shape index (κ3) is 2.45. The van der Waals surface area contributed by atoms with Gasteiger partial charge in [-0.05, 0) is 0 Å². The third-order valence-electron chi connectivity index (χ3n) is 3.95. The second-order valence-electron chi connectivity index (χ2n) is 5.74. The van der Waals surface area contributed by atoms with Crippen LogP contribution in [-0.4, -0.2) is 43.0 Å². The summed E-state index contributed by atoms with van der Waals surface area (Å²) < 4.78 is 69.2. The quantitative estimate of drug-likeness (QED) is 0.906. The summed E-state index contributed by atoms with van der Waals surface area (Å²) in [6.07, 6.45) is -2.50. The Balaban J connectivity index is 2.05. The Morgan fingerprint density at radius 3 is 2.59 bits per heavy atom. The number of pyridine rings is 1. The molecule has 1 saturated carbocycles. The number of fused-ring (bicyclic) bond motifs is 1. The molecule has 0 aromatic carbocycles. The highest BCUT2D eigenvalue weighted by atomic mass is 32.2. The lowest BCUT2D eigenvalue weighted by Crippen LogP contribution is -2.35. The van der Waals surface area contributed by atoms with Crippen LogP contribution >= 0.6 is 0 Å². The van der Waals surface area contributed by atoms with E-state index in [9.17, 15) is 26.7 Å². The van der Waals surface area contributed by atoms with E-state index in [1.54, 1.807) is 0 Å². The lowest BCUT2D eigenvalue weighted by atomic mass is 9.93. The number of aliphatic hydroxyl groups excluding tert-OH is 1. The highest BCUT2D eigenvalue weighted by Gasteiger charge is 2.51. The highest BCUT2D eigenvalue weighted by Crippen LogP contribution is 2.48. The number of alkyl halides is 3. The average Bonchev–Trinajstić information content (AvgIpc) is 2.58. The molecule has 1 aromatic rings. The molecule has 1 fully saturated rings. The van der Waals surface area contributed by atoms with Crippen molar-refractivity contribution in [3.63, 3.8) is 0 Å². The lowest BCUT2D eigenvalue weighted by Gasteiger charge is -2.30. The smallest absolute Gasteiger partial charge is 0.281 e. The predicted molar refractivity (Wildman–Crippen MR) is 69.5 cm³/mol. The summed E-state index contributed by atoms with van der Waals surface area (Å²) in [6, 6.07) is 0. The van der Waals surface area contributed by atoms with E-state index in [-0.39, 0.29) is 29.8 Å². The Morgan fingerprint density at radius 2 is 2.05 bits per heavy atom. The van der Waals surface area contributed by atoms with E-state index in [4.69, 9.17) is 4.74 Å². The Hall–Kier alpha value is -1.35. The minimum atomic E-state index is -3.83. The van der Waals surface area contributed by atoms with Gasteiger partial charge in [0.15, 0.2) is 9.84 Å². The normalized spacial score (nSPS) is 29.8. The van der Waals surface area contributed by atoms with Gasteiger partial charge in [0.25, 0.3) is 5.92 Å². The molecule has 9 heteroatoms. The van der Waals surface area contributed by atoms with E-state index < -0.39 is 45.5 Å². The van der Waals surface area contributed by atoms with Crippen molar-refractivity contribution in [3.05, 3.63) is 17.3 Å². The van der Waals surface area contributed by atoms with Crippen LogP contribution in [0.3, 0.4) is 0 Å². The first-order valence-corrected chi connectivity index (χ1v) is 8.57. The molecule has 5 nitrogen and oxygen atoms in total. The first-order valence-electron chi connectivity index (χ1n) is 6.68. The zero-order valence-electron chi connectivity index (χ0n) is 11.6. The molecular weight excluding hydrogens is 323 g/mol. The Morgan fingerprint density at radius 1 is 1.41 bits per heavy atom. The second kappa shape index (κ2) is 4.82. The maximum absolute atomic E-state index is 13.8. The number of hydrogen-bond donors (Lipinski definition) is 1. The van der Waals surface area contributed by atoms with Crippen molar-refractivity contribution in [2.45, 2.75) is 48.5 Å². The molecule has 22 heavy (non-hydrogen) atoms. The molecule has 1 N–H and O–H groups in total. The van der Waals surface area contributed by atoms with Crippen molar-refractivity contribution in [1.29, 1.82) is 0 Å². The number of nitrogens with zero attached hydrogens (tertiary/aromatic N) is 1. The van der Waals surface area contributed by atoms with E-state index in [1.807, 2.05) is 0 Å². The summed E-state index contributed by atoms with van der Waals surface area (Å²) in [7, 11) is -3.83. The van der Waals surface area contributed by atoms with Gasteiger partial charge in [0, 0.05) is 42.8 Å². The zero-order valence-corrected chi connectivity index (χ0v) is 12.4. The molecule has 1 heterocycles. The monoisotopic (exact) mass is 337 g/mol. The van der Waals surface area contributed by atoms with Gasteiger partial charge in [0.2, 0.25) is 5.88 Å². The van der Waals surface area contributed by atoms with Crippen LogP contribution < -0.4 is 4.74 Å². The molecule has 0 spiro atoms. The van der Waals surface area contributed by atoms with E-state index in [0.29, 0.717) is 0 Å². The van der Waals surface area contributed by atoms with Crippen molar-refractivity contribution in [2.75, 3.05) is 6.26 Å². The summed E-state index contributed by atoms with van der Waals surface area (Å²) in [6.45, 7) is 0. The zero-order chi connectivity index (χ0) is 16.3. The van der Waals surface area contributed by atoms with Gasteiger partial charge in [0.1, 0.15) is 18.4 Å². The topological polar surface area (TPSA) is 76.5 Å². The predicted octanol–water partition coefficient (Wildman–Crippen LogP) is 1.59. The van der Waals surface area contributed by atoms with Crippen molar-refractivity contribution < 1.29 is 31.4 Å². The van der Waals surface area contributed by atoms with Crippen LogP contribution in [0.4, 0.5) is 13.2 Å². The summed E-state index contributed by atoms with van der Waals surface area (Å²) in [4.78, 5) is 3.36. The minimum Gasteiger partial charge on any atom is -0.474 e. The first kappa shape index (κ1) is 15.5. The van der Waals surface area contributed by atoms with Gasteiger partial charge in [0.05, 0.1) is 4.90 Å². The van der Waals surface area contributed by atoms with Crippen molar-refractivity contribution in [2.24, 2.45) is 0 Å². The molecule has 1 aromatic heterocycles. The van der Waals surface area contributed by atoms with Gasteiger partial charge < -0.3 is 9.84 Å². The second-order valence-corrected chi connectivity index (χ2v) is 7.73. The van der Waals surface area contributed by atoms with Crippen LogP contribution in [0.1, 0.15) is 30.1 Å². The Bertz CT molecular complexity index is 716. The van der Waals surface area contributed by atoms with E-state index in [0.717, 1.165) is 12.5 Å². The van der Waals surface area contributed by atoms with Crippen molar-refractivity contribution in [1.82, 2.24) is 4.98 Å². The van der Waals surface area contributed by atoms with Crippen LogP contribution in [0.15, 0.2) is 11.1 Å². The van der Waals surface area contributed by atoms with Gasteiger partial charge in [-0.1, -0.05) is 0 Å². The highest BCUT2D eigenvalue weighted by molar-refractivity contribution is 7.90. The number of halogens is 3. The summed E-state index contributed by atoms with van der Waals surface area (Å²) in [5.41, 5.74) is -0.489. The molecule has 122 valence electrons. The molecule has 0 radical (unpaired) electrons. The van der Waals surface area contributed by atoms with E-state index >= 15 is 0 Å². The maximum atomic E-state index is 13.8. The summed E-state index contributed by atoms with van der Waals surface area (Å²) in [5.74, 6) is -3.65. The van der Waals surface area contributed by atoms with Gasteiger partial charge in [-0.3, -0.25) is 0 Å². The number of rotatable bonds is 3. The molecule has 1 atom stereocenters. The fraction of sp³-hybridized carbons (Fsp3) is 0.615. The SMILES string of the molecule is CS(=O)(=O)c1cnc(OC2CC(F)C2)c2c1[C@H](O)C(F)(F)C2. The fourth-order valence-corrected chi connectivity index (χ4v) is 3.57. The summed E-state index contributed by atoms with van der Waals surface area (Å²) in [5, 5.41) is 9.77. The van der Waals surface area contributed by atoms with Crippen LogP contribution in [0.5, 0.6) is 5.88 Å². The fourth-order valence-electron chi connectivity index (χ4n) is 2.70. The number of hydrogen-bond acceptors (Lipinski definition) is 5. The average molecular weight is 337 g/mol. The molecule has 0 bridgehead atoms. The number of sulfone groups is 1. The Labute approximate surface area is 125 Å². The number of aromatic nitrogens is 1. The number of aliphatic hydroxyl groups is 1. The molecule has 0 saturated heterocycles. The minimum absolute atomic E-state index is 0.122. The molecule has 2 aliphatic rings. The molecule has 2 aliphatic carbocycles. The summed E-state index contributed by atoms with van der Waals surface area (Å²) >= 11 is 0. The van der Waals surface area contributed by atoms with Crippen LogP contribution in [0.25, 0.3) is 0 Å². The van der Waals surface area contributed by atoms with Gasteiger partial charge >= 0.3 is 0 Å². The van der Waals surface area contributed by atoms with Crippen molar-refractivity contribution in [3.8, 4) is 5.88 Å². The molecule has 0 amide bonds. The molecular formula is C13H14F3NO4S. The molecule has 0 unspecified atom stereocenters. The molecule has 0 aliphatic heterocycles.